The second kappa shape index (κ2) is 31.4. The van der Waals surface area contributed by atoms with Crippen molar-refractivity contribution in [1.82, 2.24) is 38.2 Å². The van der Waals surface area contributed by atoms with Crippen LogP contribution in [0, 0.1) is 49.4 Å². The van der Waals surface area contributed by atoms with E-state index in [9.17, 15) is 38.3 Å². The van der Waals surface area contributed by atoms with Crippen molar-refractivity contribution in [3.05, 3.63) is 99.3 Å². The predicted octanol–water partition coefficient (Wildman–Crippen LogP) is 9.74. The molecule has 0 spiro atoms. The Balaban J connectivity index is 0.000000172. The molecule has 12 heterocycles. The topological polar surface area (TPSA) is 424 Å². The minimum atomic E-state index is -4.44. The Labute approximate surface area is 661 Å². The number of hydrogen-bond donors (Lipinski definition) is 6. The first-order chi connectivity index (χ1) is 50.7. The van der Waals surface area contributed by atoms with Crippen molar-refractivity contribution in [2.24, 2.45) is 21.7 Å². The highest BCUT2D eigenvalue weighted by Crippen LogP contribution is 2.61. The molecule has 8 aliphatic rings. The van der Waals surface area contributed by atoms with Crippen LogP contribution in [0.25, 0.3) is 0 Å². The maximum atomic E-state index is 12.7. The third-order valence-electron chi connectivity index (χ3n) is 19.2. The molecule has 9 N–H and O–H groups in total. The average molecular weight is 1640 g/mol. The lowest BCUT2D eigenvalue weighted by Crippen LogP contribution is -2.47. The third-order valence-corrected chi connectivity index (χ3v) is 22.2. The molecular formula is C76H125N11O22P2S. The van der Waals surface area contributed by atoms with Gasteiger partial charge in [0.25, 0.3) is 5.56 Å². The van der Waals surface area contributed by atoms with Gasteiger partial charge in [-0.15, -0.1) is 0 Å². The highest BCUT2D eigenvalue weighted by atomic mass is 32.5. The van der Waals surface area contributed by atoms with Gasteiger partial charge in [0.05, 0.1) is 48.8 Å². The van der Waals surface area contributed by atoms with E-state index in [0.29, 0.717) is 42.7 Å². The van der Waals surface area contributed by atoms with E-state index in [4.69, 9.17) is 94.5 Å². The van der Waals surface area contributed by atoms with Crippen LogP contribution in [0.2, 0.25) is 0 Å². The molecule has 0 radical (unpaired) electrons. The van der Waals surface area contributed by atoms with Crippen LogP contribution in [0.3, 0.4) is 0 Å². The van der Waals surface area contributed by atoms with Gasteiger partial charge in [-0.1, -0.05) is 83.1 Å². The number of rotatable bonds is 16. The van der Waals surface area contributed by atoms with E-state index >= 15 is 0 Å². The van der Waals surface area contributed by atoms with Crippen molar-refractivity contribution in [2.75, 3.05) is 43.6 Å². The standard InChI is InChI=1S/C19H32N3O7P.C19H32N3O6PS.C19H31N3O4.C19H30N2O5/c1-11-8-22(16(23)21-14(11)20)15-12-13(28-30(24,25)29-18(5,6)7)19(27-15,10-26-12)9-17(2,3)4;1-11-8-22(16(23)21-14(11)20)15-12-13(27-29(24,30)28-18(5,6)7)19(26-15,10-25-12)9-17(2,3)4;1-11-8-22(16(23)21-14(11)20)15-12-13(25-18(5,6)7)19(26-15,10-24-12)9-17(2,3)4;1-11-8-21(16(23)20-14(11)22)15-12-13(25-18(5,6)7)19(26-15,10-24-12)9-17(2,3)4/h8,12-13,15H,9-10H2,1-7H3,(H,24,25)(H2,20,21,23);8,12-13,15H,9-10H2,1-7H3,(H,24,30)(H2,20,21,23);8,12-13,15H,9-10H2,1-7H3,(H2,20,21,23);8,12-13,15H,9-10H2,1-7H3,(H,20,22,23)/t12-,13+,15-,19+;12-,13+,15-,19+,29?;2*12-,13+,15-,19+/m1111/s1. The fourth-order valence-electron chi connectivity index (χ4n) is 16.1. The van der Waals surface area contributed by atoms with Crippen LogP contribution < -0.4 is 45.5 Å². The Kier molecular flexibility index (Phi) is 25.4. The number of nitrogens with zero attached hydrogens (tertiary/aromatic N) is 7. The summed E-state index contributed by atoms with van der Waals surface area (Å²) < 4.78 is 103. The smallest absolute Gasteiger partial charge is 0.383 e. The van der Waals surface area contributed by atoms with Gasteiger partial charge in [0, 0.05) is 47.0 Å². The van der Waals surface area contributed by atoms with Crippen molar-refractivity contribution >= 4 is 43.8 Å². The lowest BCUT2D eigenvalue weighted by molar-refractivity contribution is -0.189. The molecule has 36 heteroatoms. The Morgan fingerprint density at radius 1 is 0.438 bits per heavy atom. The molecule has 4 aromatic rings. The lowest BCUT2D eigenvalue weighted by Gasteiger charge is -2.38. The molecule has 0 aliphatic carbocycles. The molecule has 8 saturated heterocycles. The molecule has 2 unspecified atom stereocenters. The highest BCUT2D eigenvalue weighted by Gasteiger charge is 2.69. The fourth-order valence-corrected chi connectivity index (χ4v) is 19.7. The summed E-state index contributed by atoms with van der Waals surface area (Å²) in [5.74, 6) is 0.542. The van der Waals surface area contributed by atoms with E-state index in [1.807, 2.05) is 69.2 Å². The summed E-state index contributed by atoms with van der Waals surface area (Å²) in [5, 5.41) is 0. The first-order valence-corrected chi connectivity index (χ1v) is 42.1. The highest BCUT2D eigenvalue weighted by molar-refractivity contribution is 8.07. The second-order valence-corrected chi connectivity index (χ2v) is 44.1. The van der Waals surface area contributed by atoms with Crippen molar-refractivity contribution in [1.29, 1.82) is 0 Å². The number of anilines is 3. The molecule has 0 amide bonds. The lowest BCUT2D eigenvalue weighted by atomic mass is 9.80. The van der Waals surface area contributed by atoms with Crippen LogP contribution in [-0.2, 0) is 81.8 Å². The number of H-pyrrole nitrogens is 1. The quantitative estimate of drug-likeness (QED) is 0.0568. The maximum absolute atomic E-state index is 12.7. The van der Waals surface area contributed by atoms with E-state index in [2.05, 4.69) is 82.2 Å². The van der Waals surface area contributed by atoms with Gasteiger partial charge in [-0.3, -0.25) is 41.6 Å². The first kappa shape index (κ1) is 90.9. The number of aryl methyl sites for hydroxylation is 4. The van der Waals surface area contributed by atoms with Crippen molar-refractivity contribution in [2.45, 2.75) is 338 Å². The molecule has 0 saturated carbocycles. The molecule has 112 heavy (non-hydrogen) atoms. The van der Waals surface area contributed by atoms with Crippen molar-refractivity contribution in [3.63, 3.8) is 0 Å². The molecule has 12 rings (SSSR count). The number of phosphoric ester groups is 1. The van der Waals surface area contributed by atoms with Crippen LogP contribution in [0.5, 0.6) is 0 Å². The van der Waals surface area contributed by atoms with E-state index in [1.165, 1.54) is 24.5 Å². The molecular weight excluding hydrogens is 1510 g/mol. The third kappa shape index (κ3) is 21.3. The Morgan fingerprint density at radius 3 is 0.991 bits per heavy atom. The molecule has 0 aromatic carbocycles. The van der Waals surface area contributed by atoms with Crippen molar-refractivity contribution in [3.8, 4) is 0 Å². The van der Waals surface area contributed by atoms with Gasteiger partial charge in [0.15, 0.2) is 24.9 Å². The number of aromatic amines is 1. The summed E-state index contributed by atoms with van der Waals surface area (Å²) in [6, 6.07) is 0. The van der Waals surface area contributed by atoms with E-state index in [0.717, 1.165) is 18.4 Å². The van der Waals surface area contributed by atoms with Crippen LogP contribution in [-0.4, -0.2) is 168 Å². The summed E-state index contributed by atoms with van der Waals surface area (Å²) in [6.45, 7) is 52.3. The number of phosphoric acid groups is 1. The first-order valence-electron chi connectivity index (χ1n) is 38.0. The van der Waals surface area contributed by atoms with Gasteiger partial charge < -0.3 is 78.9 Å². The zero-order valence-electron chi connectivity index (χ0n) is 70.6. The fraction of sp³-hybridized carbons (Fsp3) is 0.789. The van der Waals surface area contributed by atoms with Crippen LogP contribution >= 0.6 is 14.5 Å². The molecule has 632 valence electrons. The van der Waals surface area contributed by atoms with Gasteiger partial charge in [0.2, 0.25) is 0 Å². The maximum Gasteiger partial charge on any atom is 0.473 e. The number of nitrogen functional groups attached to an aromatic ring is 3. The Hall–Kier alpha value is -5.04. The SMILES string of the molecule is Cc1cn([C@@H]2O[C@@]3(CC(C)(C)C)CO[C@@H]2[C@@H]3OC(C)(C)C)c(=O)[nH]c1=O.Cc1cn([C@@H]2O[C@@]3(CC(C)(C)C)CO[C@@H]2[C@@H]3OC(C)(C)C)c(=O)nc1N.Cc1cn([C@@H]2O[C@@]3(CC(C)(C)C)CO[C@@H]2[C@@H]3OP(=O)(O)OC(C)(C)C)c(=O)nc1N.Cc1cn([C@@H]2O[C@@]3(CC(C)(C)C)CO[C@@H]2[C@@H]3OP(O)(=S)OC(C)(C)C)c(=O)nc1N. The predicted molar refractivity (Wildman–Crippen MR) is 423 cm³/mol. The zero-order chi connectivity index (χ0) is 84.4. The number of ether oxygens (including phenoxy) is 10. The van der Waals surface area contributed by atoms with Gasteiger partial charge in [-0.25, -0.2) is 23.7 Å². The van der Waals surface area contributed by atoms with E-state index in [1.54, 1.807) is 80.9 Å². The zero-order valence-corrected chi connectivity index (χ0v) is 73.2. The average Bonchev–Trinajstić information content (AvgIpc) is 1.58. The van der Waals surface area contributed by atoms with E-state index < -0.39 is 126 Å². The normalized spacial score (nSPS) is 31.3. The summed E-state index contributed by atoms with van der Waals surface area (Å²) in [6.07, 6.45) is 1.70. The molecule has 8 bridgehead atoms. The summed E-state index contributed by atoms with van der Waals surface area (Å²) in [4.78, 5) is 96.6. The van der Waals surface area contributed by atoms with Crippen LogP contribution in [0.1, 0.15) is 239 Å². The van der Waals surface area contributed by atoms with Crippen LogP contribution in [0.15, 0.2) is 48.8 Å². The molecule has 4 aromatic heterocycles. The molecule has 18 atom stereocenters. The van der Waals surface area contributed by atoms with Crippen LogP contribution in [0.4, 0.5) is 17.5 Å². The summed E-state index contributed by atoms with van der Waals surface area (Å²) >= 11 is 5.29. The largest absolute Gasteiger partial charge is 0.473 e. The number of nitrogens with two attached hydrogens (primary N) is 3. The minimum Gasteiger partial charge on any atom is -0.383 e. The number of nitrogens with one attached hydrogen (secondary N) is 1. The number of hydrogen-bond acceptors (Lipinski definition) is 27. The Bertz CT molecular complexity index is 4370. The summed E-state index contributed by atoms with van der Waals surface area (Å²) in [7, 11) is -4.44. The molecule has 8 aliphatic heterocycles. The monoisotopic (exact) mass is 1640 g/mol. The van der Waals surface area contributed by atoms with Gasteiger partial charge in [-0.2, -0.15) is 15.0 Å². The van der Waals surface area contributed by atoms with Crippen molar-refractivity contribution < 1.29 is 79.8 Å². The van der Waals surface area contributed by atoms with Gasteiger partial charge in [0.1, 0.15) is 88.7 Å². The number of fused-ring (bicyclic) bond motifs is 8. The minimum absolute atomic E-state index is 0.00147. The summed E-state index contributed by atoms with van der Waals surface area (Å²) in [5.41, 5.74) is 11.5. The second-order valence-electron chi connectivity index (χ2n) is 40.0. The van der Waals surface area contributed by atoms with Gasteiger partial charge >= 0.3 is 37.3 Å². The Morgan fingerprint density at radius 2 is 0.705 bits per heavy atom. The van der Waals surface area contributed by atoms with Gasteiger partial charge in [-0.05, 0) is 170 Å². The molecule has 8 fully saturated rings. The molecule has 33 nitrogen and oxygen atoms in total. The van der Waals surface area contributed by atoms with E-state index in [-0.39, 0.29) is 87.4 Å². The number of aromatic nitrogens is 8.